The Morgan fingerprint density at radius 1 is 1.43 bits per heavy atom. The van der Waals surface area contributed by atoms with Gasteiger partial charge in [0.1, 0.15) is 0 Å². The molecule has 2 heteroatoms. The third kappa shape index (κ3) is 1.58. The number of carbonyl (C=O) groups is 1. The van der Waals surface area contributed by atoms with Crippen LogP contribution in [0.3, 0.4) is 0 Å². The van der Waals surface area contributed by atoms with E-state index in [2.05, 4.69) is 18.0 Å². The van der Waals surface area contributed by atoms with Gasteiger partial charge in [0.05, 0.1) is 0 Å². The average Bonchev–Trinajstić information content (AvgIpc) is 2.16. The van der Waals surface area contributed by atoms with Gasteiger partial charge in [0.25, 0.3) is 0 Å². The fraction of sp³-hybridized carbons (Fsp3) is 0.417. The number of hydrogen-bond acceptors (Lipinski definition) is 2. The topological polar surface area (TPSA) is 20.3 Å². The third-order valence-corrected chi connectivity index (χ3v) is 2.84. The first-order valence-electron chi connectivity index (χ1n) is 4.98. The smallest absolute Gasteiger partial charge is 0.160 e. The molecule has 0 spiro atoms. The van der Waals surface area contributed by atoms with Crippen LogP contribution < -0.4 is 0 Å². The second kappa shape index (κ2) is 3.54. The number of benzene rings is 1. The van der Waals surface area contributed by atoms with Crippen LogP contribution in [0.25, 0.3) is 0 Å². The van der Waals surface area contributed by atoms with Gasteiger partial charge < -0.3 is 4.90 Å². The first kappa shape index (κ1) is 9.41. The summed E-state index contributed by atoms with van der Waals surface area (Å²) in [6.45, 7) is 3.67. The van der Waals surface area contributed by atoms with Gasteiger partial charge >= 0.3 is 0 Å². The molecule has 0 N–H and O–H groups in total. The van der Waals surface area contributed by atoms with Crippen LogP contribution in [0.2, 0.25) is 0 Å². The summed E-state index contributed by atoms with van der Waals surface area (Å²) >= 11 is 0. The molecule has 1 aromatic rings. The zero-order chi connectivity index (χ0) is 10.1. The number of carbonyl (C=O) groups excluding carboxylic acids is 1. The van der Waals surface area contributed by atoms with Crippen molar-refractivity contribution in [2.75, 3.05) is 13.6 Å². The summed E-state index contributed by atoms with van der Waals surface area (Å²) < 4.78 is 0. The Labute approximate surface area is 84.5 Å². The maximum Gasteiger partial charge on any atom is 0.160 e. The normalized spacial score (nSPS) is 16.4. The average molecular weight is 189 g/mol. The van der Waals surface area contributed by atoms with Crippen LogP contribution in [-0.2, 0) is 13.0 Å². The fourth-order valence-corrected chi connectivity index (χ4v) is 2.08. The molecule has 0 bridgehead atoms. The minimum atomic E-state index is 0.186. The van der Waals surface area contributed by atoms with Crippen LogP contribution in [-0.4, -0.2) is 24.3 Å². The molecule has 2 nitrogen and oxygen atoms in total. The quantitative estimate of drug-likeness (QED) is 0.629. The van der Waals surface area contributed by atoms with E-state index in [1.165, 1.54) is 11.1 Å². The third-order valence-electron chi connectivity index (χ3n) is 2.84. The molecule has 0 aromatic heterocycles. The fourth-order valence-electron chi connectivity index (χ4n) is 2.08. The lowest BCUT2D eigenvalue weighted by Gasteiger charge is -2.26. The lowest BCUT2D eigenvalue weighted by atomic mass is 9.93. The van der Waals surface area contributed by atoms with Crippen molar-refractivity contribution in [3.63, 3.8) is 0 Å². The minimum Gasteiger partial charge on any atom is -0.302 e. The molecule has 0 amide bonds. The predicted molar refractivity (Wildman–Crippen MR) is 56.5 cm³/mol. The summed E-state index contributed by atoms with van der Waals surface area (Å²) in [5.74, 6) is 0.186. The molecule has 0 aliphatic carbocycles. The van der Waals surface area contributed by atoms with E-state index in [-0.39, 0.29) is 5.78 Å². The van der Waals surface area contributed by atoms with Gasteiger partial charge in [0, 0.05) is 18.7 Å². The van der Waals surface area contributed by atoms with Crippen LogP contribution in [0.5, 0.6) is 0 Å². The number of hydrogen-bond donors (Lipinski definition) is 0. The predicted octanol–water partition coefficient (Wildman–Crippen LogP) is 1.88. The Balaban J connectivity index is 2.46. The van der Waals surface area contributed by atoms with Crippen LogP contribution in [0.1, 0.15) is 28.4 Å². The molecule has 1 heterocycles. The molecule has 0 atom stereocenters. The molecule has 1 aliphatic rings. The maximum absolute atomic E-state index is 11.4. The molecule has 0 saturated heterocycles. The van der Waals surface area contributed by atoms with Gasteiger partial charge in [-0.15, -0.1) is 0 Å². The second-order valence-electron chi connectivity index (χ2n) is 3.99. The van der Waals surface area contributed by atoms with E-state index in [1.54, 1.807) is 6.92 Å². The van der Waals surface area contributed by atoms with Crippen molar-refractivity contribution < 1.29 is 4.79 Å². The van der Waals surface area contributed by atoms with Gasteiger partial charge in [-0.2, -0.15) is 0 Å². The van der Waals surface area contributed by atoms with Crippen LogP contribution in [0.4, 0.5) is 0 Å². The Bertz CT molecular complexity index is 371. The molecule has 0 radical (unpaired) electrons. The highest BCUT2D eigenvalue weighted by atomic mass is 16.1. The highest BCUT2D eigenvalue weighted by Crippen LogP contribution is 2.21. The molecule has 0 fully saturated rings. The summed E-state index contributed by atoms with van der Waals surface area (Å²) in [6, 6.07) is 6.04. The zero-order valence-electron chi connectivity index (χ0n) is 8.71. The van der Waals surface area contributed by atoms with Gasteiger partial charge in [0.2, 0.25) is 0 Å². The molecule has 14 heavy (non-hydrogen) atoms. The largest absolute Gasteiger partial charge is 0.302 e. The van der Waals surface area contributed by atoms with E-state index < -0.39 is 0 Å². The van der Waals surface area contributed by atoms with Gasteiger partial charge in [-0.1, -0.05) is 18.2 Å². The van der Waals surface area contributed by atoms with E-state index in [4.69, 9.17) is 0 Å². The Hall–Kier alpha value is -1.15. The van der Waals surface area contributed by atoms with Crippen molar-refractivity contribution in [1.29, 1.82) is 0 Å². The van der Waals surface area contributed by atoms with E-state index in [9.17, 15) is 4.79 Å². The highest BCUT2D eigenvalue weighted by molar-refractivity contribution is 5.95. The van der Waals surface area contributed by atoms with E-state index in [0.717, 1.165) is 25.1 Å². The van der Waals surface area contributed by atoms with Crippen molar-refractivity contribution in [2.24, 2.45) is 0 Å². The standard InChI is InChI=1S/C12H15NO/c1-9(14)11-5-3-4-10-8-13(2)7-6-12(10)11/h3-5H,6-8H2,1-2H3. The first-order valence-corrected chi connectivity index (χ1v) is 4.98. The van der Waals surface area contributed by atoms with Gasteiger partial charge in [-0.3, -0.25) is 4.79 Å². The molecular formula is C12H15NO. The SMILES string of the molecule is CC(=O)c1cccc2c1CCN(C)C2. The number of nitrogens with zero attached hydrogens (tertiary/aromatic N) is 1. The lowest BCUT2D eigenvalue weighted by molar-refractivity contribution is 0.101. The molecule has 74 valence electrons. The minimum absolute atomic E-state index is 0.186. The lowest BCUT2D eigenvalue weighted by Crippen LogP contribution is -2.27. The van der Waals surface area contributed by atoms with Gasteiger partial charge in [-0.05, 0) is 31.5 Å². The van der Waals surface area contributed by atoms with E-state index in [0.29, 0.717) is 0 Å². The van der Waals surface area contributed by atoms with E-state index in [1.807, 2.05) is 12.1 Å². The Morgan fingerprint density at radius 2 is 2.21 bits per heavy atom. The second-order valence-corrected chi connectivity index (χ2v) is 3.99. The molecule has 2 rings (SSSR count). The molecule has 0 unspecified atom stereocenters. The Morgan fingerprint density at radius 3 is 2.93 bits per heavy atom. The number of fused-ring (bicyclic) bond motifs is 1. The number of likely N-dealkylation sites (N-methyl/N-ethyl adjacent to an activating group) is 1. The molecule has 1 aliphatic heterocycles. The van der Waals surface area contributed by atoms with Crippen molar-refractivity contribution in [1.82, 2.24) is 4.90 Å². The maximum atomic E-state index is 11.4. The van der Waals surface area contributed by atoms with Crippen molar-refractivity contribution in [3.8, 4) is 0 Å². The summed E-state index contributed by atoms with van der Waals surface area (Å²) in [4.78, 5) is 13.7. The highest BCUT2D eigenvalue weighted by Gasteiger charge is 2.17. The van der Waals surface area contributed by atoms with Crippen molar-refractivity contribution >= 4 is 5.78 Å². The van der Waals surface area contributed by atoms with Gasteiger partial charge in [-0.25, -0.2) is 0 Å². The molecule has 1 aromatic carbocycles. The van der Waals surface area contributed by atoms with Crippen molar-refractivity contribution in [3.05, 3.63) is 34.9 Å². The first-order chi connectivity index (χ1) is 6.68. The van der Waals surface area contributed by atoms with Gasteiger partial charge in [0.15, 0.2) is 5.78 Å². The molecular weight excluding hydrogens is 174 g/mol. The summed E-state index contributed by atoms with van der Waals surface area (Å²) in [5, 5.41) is 0. The van der Waals surface area contributed by atoms with Crippen LogP contribution in [0.15, 0.2) is 18.2 Å². The summed E-state index contributed by atoms with van der Waals surface area (Å²) in [5.41, 5.74) is 3.49. The zero-order valence-corrected chi connectivity index (χ0v) is 8.71. The number of rotatable bonds is 1. The van der Waals surface area contributed by atoms with Crippen molar-refractivity contribution in [2.45, 2.75) is 19.9 Å². The summed E-state index contributed by atoms with van der Waals surface area (Å²) in [6.07, 6.45) is 1.00. The molecule has 0 saturated carbocycles. The Kier molecular flexibility index (Phi) is 2.38. The van der Waals surface area contributed by atoms with E-state index >= 15 is 0 Å². The monoisotopic (exact) mass is 189 g/mol. The summed E-state index contributed by atoms with van der Waals surface area (Å²) in [7, 11) is 2.11. The number of Topliss-reactive ketones (excluding diaryl/α,β-unsaturated/α-hetero) is 1. The van der Waals surface area contributed by atoms with Crippen LogP contribution in [0, 0.1) is 0 Å². The van der Waals surface area contributed by atoms with Crippen LogP contribution >= 0.6 is 0 Å². The number of ketones is 1.